The van der Waals surface area contributed by atoms with Crippen molar-refractivity contribution in [2.75, 3.05) is 11.9 Å². The highest BCUT2D eigenvalue weighted by Crippen LogP contribution is 2.24. The molecular formula is C25H39N3O. The van der Waals surface area contributed by atoms with E-state index in [2.05, 4.69) is 76.1 Å². The van der Waals surface area contributed by atoms with Crippen LogP contribution < -0.4 is 10.1 Å². The molecule has 0 fully saturated rings. The van der Waals surface area contributed by atoms with Gasteiger partial charge in [0.2, 0.25) is 5.88 Å². The minimum atomic E-state index is 0.259. The van der Waals surface area contributed by atoms with E-state index in [-0.39, 0.29) is 6.10 Å². The van der Waals surface area contributed by atoms with Crippen LogP contribution in [0.5, 0.6) is 5.88 Å². The summed E-state index contributed by atoms with van der Waals surface area (Å²) in [6.07, 6.45) is 6.58. The third-order valence-corrected chi connectivity index (χ3v) is 5.61. The molecule has 0 aromatic carbocycles. The molecule has 2 rings (SSSR count). The van der Waals surface area contributed by atoms with Crippen LogP contribution >= 0.6 is 0 Å². The Hall–Kier alpha value is -2.10. The third-order valence-electron chi connectivity index (χ3n) is 5.61. The summed E-state index contributed by atoms with van der Waals surface area (Å²) in [6.45, 7) is 14.2. The molecule has 2 aromatic rings. The Morgan fingerprint density at radius 1 is 0.966 bits per heavy atom. The number of anilines is 1. The topological polar surface area (TPSA) is 47.0 Å². The van der Waals surface area contributed by atoms with Crippen LogP contribution in [0.1, 0.15) is 90.3 Å². The number of rotatable bonds is 12. The summed E-state index contributed by atoms with van der Waals surface area (Å²) >= 11 is 0. The van der Waals surface area contributed by atoms with Gasteiger partial charge in [0.15, 0.2) is 0 Å². The maximum atomic E-state index is 5.92. The molecule has 4 nitrogen and oxygen atoms in total. The average Bonchev–Trinajstić information content (AvgIpc) is 2.74. The summed E-state index contributed by atoms with van der Waals surface area (Å²) in [5, 5.41) is 3.50. The van der Waals surface area contributed by atoms with Gasteiger partial charge in [-0.1, -0.05) is 53.7 Å². The van der Waals surface area contributed by atoms with Crippen molar-refractivity contribution in [1.82, 2.24) is 9.97 Å². The first kappa shape index (κ1) is 23.2. The molecule has 0 radical (unpaired) electrons. The first-order valence-corrected chi connectivity index (χ1v) is 11.3. The number of ether oxygens (including phenoxy) is 1. The molecule has 0 saturated carbocycles. The van der Waals surface area contributed by atoms with Crippen LogP contribution in [0.4, 0.5) is 5.82 Å². The predicted molar refractivity (Wildman–Crippen MR) is 123 cm³/mol. The molecule has 29 heavy (non-hydrogen) atoms. The minimum absolute atomic E-state index is 0.259. The van der Waals surface area contributed by atoms with Crippen molar-refractivity contribution in [2.24, 2.45) is 5.92 Å². The Balaban J connectivity index is 1.77. The molecule has 0 saturated heterocycles. The number of pyridine rings is 2. The Bertz CT molecular complexity index is 710. The Labute approximate surface area is 177 Å². The lowest BCUT2D eigenvalue weighted by molar-refractivity contribution is 0.185. The zero-order valence-electron chi connectivity index (χ0n) is 19.1. The molecule has 2 unspecified atom stereocenters. The lowest BCUT2D eigenvalue weighted by Gasteiger charge is -2.18. The van der Waals surface area contributed by atoms with Gasteiger partial charge in [0, 0.05) is 24.5 Å². The highest BCUT2D eigenvalue weighted by atomic mass is 16.5. The van der Waals surface area contributed by atoms with Crippen LogP contribution in [0.15, 0.2) is 36.5 Å². The molecule has 0 bridgehead atoms. The van der Waals surface area contributed by atoms with E-state index in [1.165, 1.54) is 12.0 Å². The quantitative estimate of drug-likeness (QED) is 0.428. The maximum Gasteiger partial charge on any atom is 0.213 e. The second-order valence-corrected chi connectivity index (χ2v) is 8.55. The fraction of sp³-hybridized carbons (Fsp3) is 0.600. The molecule has 4 heteroatoms. The average molecular weight is 398 g/mol. The highest BCUT2D eigenvalue weighted by molar-refractivity contribution is 5.35. The monoisotopic (exact) mass is 397 g/mol. The Morgan fingerprint density at radius 2 is 1.72 bits per heavy atom. The van der Waals surface area contributed by atoms with Gasteiger partial charge in [-0.2, -0.15) is 0 Å². The number of hydrogen-bond acceptors (Lipinski definition) is 4. The van der Waals surface area contributed by atoms with Crippen LogP contribution in [0.3, 0.4) is 0 Å². The first-order chi connectivity index (χ1) is 13.9. The summed E-state index contributed by atoms with van der Waals surface area (Å²) < 4.78 is 5.92. The van der Waals surface area contributed by atoms with Crippen LogP contribution in [0, 0.1) is 5.92 Å². The van der Waals surface area contributed by atoms with Gasteiger partial charge >= 0.3 is 0 Å². The van der Waals surface area contributed by atoms with Gasteiger partial charge < -0.3 is 10.1 Å². The van der Waals surface area contributed by atoms with Crippen LogP contribution in [0.25, 0.3) is 0 Å². The largest absolute Gasteiger partial charge is 0.474 e. The first-order valence-electron chi connectivity index (χ1n) is 11.3. The molecule has 160 valence electrons. The smallest absolute Gasteiger partial charge is 0.213 e. The second kappa shape index (κ2) is 11.8. The summed E-state index contributed by atoms with van der Waals surface area (Å²) in [6, 6.07) is 10.4. The van der Waals surface area contributed by atoms with E-state index >= 15 is 0 Å². The molecule has 0 aliphatic rings. The van der Waals surface area contributed by atoms with Gasteiger partial charge in [0.05, 0.1) is 6.10 Å². The molecule has 1 N–H and O–H groups in total. The Kier molecular flexibility index (Phi) is 9.43. The van der Waals surface area contributed by atoms with E-state index in [9.17, 15) is 0 Å². The van der Waals surface area contributed by atoms with Crippen LogP contribution in [-0.2, 0) is 0 Å². The van der Waals surface area contributed by atoms with Crippen molar-refractivity contribution in [1.29, 1.82) is 0 Å². The van der Waals surface area contributed by atoms with E-state index in [1.807, 2.05) is 12.3 Å². The number of nitrogens with zero attached hydrogens (tertiary/aromatic N) is 2. The van der Waals surface area contributed by atoms with Gasteiger partial charge in [-0.25, -0.2) is 9.97 Å². The summed E-state index contributed by atoms with van der Waals surface area (Å²) in [5.41, 5.74) is 2.42. The van der Waals surface area contributed by atoms with Crippen molar-refractivity contribution in [2.45, 2.75) is 85.2 Å². The third kappa shape index (κ3) is 7.68. The van der Waals surface area contributed by atoms with Gasteiger partial charge in [-0.05, 0) is 61.1 Å². The lowest BCUT2D eigenvalue weighted by Crippen LogP contribution is -2.14. The summed E-state index contributed by atoms with van der Waals surface area (Å²) in [4.78, 5) is 9.21. The molecule has 2 heterocycles. The van der Waals surface area contributed by atoms with Crippen molar-refractivity contribution >= 4 is 5.82 Å². The standard InChI is InChI=1S/C25H39N3O/c1-7-22(8-2)29-25-15-14-21(17-27-25)20(6)13-12-19(5)16-26-24-11-9-10-23(28-24)18(3)4/h9-11,14-15,17-20,22H,7-8,12-13,16H2,1-6H3,(H,26,28). The van der Waals surface area contributed by atoms with Crippen molar-refractivity contribution in [3.63, 3.8) is 0 Å². The van der Waals surface area contributed by atoms with Gasteiger partial charge in [0.25, 0.3) is 0 Å². The SMILES string of the molecule is CCC(CC)Oc1ccc(C(C)CCC(C)CNc2cccc(C(C)C)n2)cn1. The van der Waals surface area contributed by atoms with E-state index in [0.29, 0.717) is 17.8 Å². The lowest BCUT2D eigenvalue weighted by atomic mass is 9.93. The van der Waals surface area contributed by atoms with Gasteiger partial charge in [-0.15, -0.1) is 0 Å². The van der Waals surface area contributed by atoms with E-state index in [1.54, 1.807) is 0 Å². The van der Waals surface area contributed by atoms with Crippen LogP contribution in [0.2, 0.25) is 0 Å². The zero-order chi connectivity index (χ0) is 21.2. The van der Waals surface area contributed by atoms with E-state index < -0.39 is 0 Å². The maximum absolute atomic E-state index is 5.92. The molecule has 0 amide bonds. The normalized spacial score (nSPS) is 13.5. The predicted octanol–water partition coefficient (Wildman–Crippen LogP) is 6.80. The zero-order valence-corrected chi connectivity index (χ0v) is 19.1. The number of nitrogens with one attached hydrogen (secondary N) is 1. The minimum Gasteiger partial charge on any atom is -0.474 e. The van der Waals surface area contributed by atoms with Gasteiger partial charge in [-0.3, -0.25) is 0 Å². The molecule has 0 spiro atoms. The fourth-order valence-electron chi connectivity index (χ4n) is 3.33. The Morgan fingerprint density at radius 3 is 2.34 bits per heavy atom. The van der Waals surface area contributed by atoms with E-state index in [0.717, 1.165) is 43.2 Å². The van der Waals surface area contributed by atoms with Crippen molar-refractivity contribution in [3.8, 4) is 5.88 Å². The second-order valence-electron chi connectivity index (χ2n) is 8.55. The number of hydrogen-bond donors (Lipinski definition) is 1. The molecule has 0 aliphatic carbocycles. The van der Waals surface area contributed by atoms with Crippen LogP contribution in [-0.4, -0.2) is 22.6 Å². The molecule has 2 aromatic heterocycles. The molecule has 0 aliphatic heterocycles. The van der Waals surface area contributed by atoms with Crippen molar-refractivity contribution < 1.29 is 4.74 Å². The summed E-state index contributed by atoms with van der Waals surface area (Å²) in [7, 11) is 0. The number of aromatic nitrogens is 2. The van der Waals surface area contributed by atoms with E-state index in [4.69, 9.17) is 9.72 Å². The fourth-order valence-corrected chi connectivity index (χ4v) is 3.33. The highest BCUT2D eigenvalue weighted by Gasteiger charge is 2.11. The summed E-state index contributed by atoms with van der Waals surface area (Å²) in [5.74, 6) is 3.26. The molecule has 2 atom stereocenters. The molecular weight excluding hydrogens is 358 g/mol. The van der Waals surface area contributed by atoms with Crippen molar-refractivity contribution in [3.05, 3.63) is 47.8 Å². The van der Waals surface area contributed by atoms with Gasteiger partial charge in [0.1, 0.15) is 5.82 Å².